The smallest absolute Gasteiger partial charge is 0.243 e. The molecule has 1 unspecified atom stereocenters. The van der Waals surface area contributed by atoms with Crippen LogP contribution in [0, 0.1) is 5.92 Å². The first-order valence-electron chi connectivity index (χ1n) is 8.76. The van der Waals surface area contributed by atoms with Gasteiger partial charge in [0.2, 0.25) is 5.91 Å². The summed E-state index contributed by atoms with van der Waals surface area (Å²) in [4.78, 5) is 18.4. The third-order valence-corrected chi connectivity index (χ3v) is 5.80. The molecule has 6 heteroatoms. The van der Waals surface area contributed by atoms with Gasteiger partial charge in [0, 0.05) is 23.7 Å². The van der Waals surface area contributed by atoms with Gasteiger partial charge in [0.1, 0.15) is 0 Å². The van der Waals surface area contributed by atoms with Gasteiger partial charge >= 0.3 is 0 Å². The topological polar surface area (TPSA) is 77.2 Å². The fourth-order valence-corrected chi connectivity index (χ4v) is 4.05. The number of aromatic nitrogens is 1. The van der Waals surface area contributed by atoms with Crippen molar-refractivity contribution in [1.29, 1.82) is 0 Å². The molecule has 1 aliphatic rings. The minimum Gasteiger partial charge on any atom is -0.381 e. The average molecular weight is 359 g/mol. The SMILES string of the molecule is CC(C)c1sc(NC(=O)C(N)C2CCOCC2)nc1-c1ccccc1. The van der Waals surface area contributed by atoms with Crippen molar-refractivity contribution in [3.05, 3.63) is 35.2 Å². The van der Waals surface area contributed by atoms with Crippen LogP contribution in [0.3, 0.4) is 0 Å². The predicted octanol–water partition coefficient (Wildman–Crippen LogP) is 3.63. The second-order valence-electron chi connectivity index (χ2n) is 6.72. The molecular formula is C19H25N3O2S. The van der Waals surface area contributed by atoms with Crippen LogP contribution in [0.5, 0.6) is 0 Å². The summed E-state index contributed by atoms with van der Waals surface area (Å²) in [7, 11) is 0. The summed E-state index contributed by atoms with van der Waals surface area (Å²) in [6, 6.07) is 9.55. The molecule has 0 radical (unpaired) electrons. The first kappa shape index (κ1) is 18.0. The van der Waals surface area contributed by atoms with E-state index in [0.717, 1.165) is 24.1 Å². The number of rotatable bonds is 5. The number of anilines is 1. The molecule has 3 rings (SSSR count). The minimum atomic E-state index is -0.518. The quantitative estimate of drug-likeness (QED) is 0.855. The van der Waals surface area contributed by atoms with Gasteiger partial charge in [0.25, 0.3) is 0 Å². The number of amides is 1. The Labute approximate surface area is 152 Å². The Hall–Kier alpha value is -1.76. The van der Waals surface area contributed by atoms with Crippen molar-refractivity contribution in [2.24, 2.45) is 11.7 Å². The number of nitrogens with two attached hydrogens (primary N) is 1. The summed E-state index contributed by atoms with van der Waals surface area (Å²) in [6.07, 6.45) is 1.66. The van der Waals surface area contributed by atoms with Crippen molar-refractivity contribution in [3.63, 3.8) is 0 Å². The van der Waals surface area contributed by atoms with E-state index in [4.69, 9.17) is 10.5 Å². The van der Waals surface area contributed by atoms with E-state index in [9.17, 15) is 4.79 Å². The third kappa shape index (κ3) is 4.26. The van der Waals surface area contributed by atoms with Crippen molar-refractivity contribution in [1.82, 2.24) is 4.98 Å². The van der Waals surface area contributed by atoms with Gasteiger partial charge in [0.05, 0.1) is 11.7 Å². The highest BCUT2D eigenvalue weighted by atomic mass is 32.1. The van der Waals surface area contributed by atoms with Gasteiger partial charge in [-0.25, -0.2) is 4.98 Å². The second-order valence-corrected chi connectivity index (χ2v) is 7.75. The lowest BCUT2D eigenvalue weighted by molar-refractivity contribution is -0.119. The number of benzene rings is 1. The summed E-state index contributed by atoms with van der Waals surface area (Å²) in [6.45, 7) is 5.63. The molecule has 0 aliphatic carbocycles. The fourth-order valence-electron chi connectivity index (χ4n) is 3.06. The number of carbonyl (C=O) groups is 1. The van der Waals surface area contributed by atoms with Crippen LogP contribution in [-0.4, -0.2) is 30.1 Å². The van der Waals surface area contributed by atoms with E-state index in [2.05, 4.69) is 24.1 Å². The molecule has 2 aromatic rings. The maximum atomic E-state index is 12.5. The maximum absolute atomic E-state index is 12.5. The number of nitrogens with one attached hydrogen (secondary N) is 1. The van der Waals surface area contributed by atoms with Crippen LogP contribution in [0.4, 0.5) is 5.13 Å². The molecule has 1 amide bonds. The Bertz CT molecular complexity index is 709. The van der Waals surface area contributed by atoms with E-state index in [-0.39, 0.29) is 11.8 Å². The lowest BCUT2D eigenvalue weighted by Gasteiger charge is -2.26. The van der Waals surface area contributed by atoms with Gasteiger partial charge < -0.3 is 15.8 Å². The molecule has 1 aliphatic heterocycles. The van der Waals surface area contributed by atoms with Crippen LogP contribution in [0.1, 0.15) is 37.5 Å². The number of carbonyl (C=O) groups excluding carboxylic acids is 1. The monoisotopic (exact) mass is 359 g/mol. The van der Waals surface area contributed by atoms with Gasteiger partial charge in [-0.2, -0.15) is 0 Å². The zero-order chi connectivity index (χ0) is 17.8. The number of ether oxygens (including phenoxy) is 1. The van der Waals surface area contributed by atoms with E-state index < -0.39 is 6.04 Å². The number of nitrogens with zero attached hydrogens (tertiary/aromatic N) is 1. The lowest BCUT2D eigenvalue weighted by Crippen LogP contribution is -2.43. The van der Waals surface area contributed by atoms with E-state index in [1.54, 1.807) is 0 Å². The van der Waals surface area contributed by atoms with Gasteiger partial charge in [-0.05, 0) is 24.7 Å². The molecule has 1 fully saturated rings. The number of hydrogen-bond donors (Lipinski definition) is 2. The zero-order valence-electron chi connectivity index (χ0n) is 14.7. The van der Waals surface area contributed by atoms with Crippen LogP contribution in [0.15, 0.2) is 30.3 Å². The summed E-state index contributed by atoms with van der Waals surface area (Å²) >= 11 is 1.53. The standard InChI is InChI=1S/C19H25N3O2S/c1-12(2)17-16(14-6-4-3-5-7-14)21-19(25-17)22-18(23)15(20)13-8-10-24-11-9-13/h3-7,12-13,15H,8-11,20H2,1-2H3,(H,21,22,23). The first-order chi connectivity index (χ1) is 12.1. The Kier molecular flexibility index (Phi) is 5.83. The summed E-state index contributed by atoms with van der Waals surface area (Å²) < 4.78 is 5.34. The summed E-state index contributed by atoms with van der Waals surface area (Å²) in [5.74, 6) is 0.352. The van der Waals surface area contributed by atoms with Gasteiger partial charge in [0.15, 0.2) is 5.13 Å². The van der Waals surface area contributed by atoms with Crippen molar-refractivity contribution < 1.29 is 9.53 Å². The minimum absolute atomic E-state index is 0.157. The maximum Gasteiger partial charge on any atom is 0.243 e. The number of hydrogen-bond acceptors (Lipinski definition) is 5. The summed E-state index contributed by atoms with van der Waals surface area (Å²) in [5.41, 5.74) is 8.17. The van der Waals surface area contributed by atoms with Gasteiger partial charge in [-0.3, -0.25) is 4.79 Å². The average Bonchev–Trinajstić information content (AvgIpc) is 3.06. The molecule has 0 saturated carbocycles. The van der Waals surface area contributed by atoms with Crippen LogP contribution in [-0.2, 0) is 9.53 Å². The molecule has 5 nitrogen and oxygen atoms in total. The normalized spacial score (nSPS) is 16.8. The first-order valence-corrected chi connectivity index (χ1v) is 9.58. The second kappa shape index (κ2) is 8.08. The van der Waals surface area contributed by atoms with Crippen LogP contribution in [0.25, 0.3) is 11.3 Å². The predicted molar refractivity (Wildman–Crippen MR) is 102 cm³/mol. The molecule has 0 bridgehead atoms. The van der Waals surface area contributed by atoms with Gasteiger partial charge in [-0.1, -0.05) is 44.2 Å². The Morgan fingerprint density at radius 3 is 2.60 bits per heavy atom. The highest BCUT2D eigenvalue weighted by Gasteiger charge is 2.27. The molecule has 2 heterocycles. The zero-order valence-corrected chi connectivity index (χ0v) is 15.5. The fraction of sp³-hybridized carbons (Fsp3) is 0.474. The molecule has 3 N–H and O–H groups in total. The molecule has 0 spiro atoms. The Balaban J connectivity index is 1.77. The molecular weight excluding hydrogens is 334 g/mol. The van der Waals surface area contributed by atoms with Crippen molar-refractivity contribution in [3.8, 4) is 11.3 Å². The van der Waals surface area contributed by atoms with Crippen LogP contribution < -0.4 is 11.1 Å². The number of thiazole rings is 1. The largest absolute Gasteiger partial charge is 0.381 e. The van der Waals surface area contributed by atoms with Crippen LogP contribution >= 0.6 is 11.3 Å². The Morgan fingerprint density at radius 1 is 1.28 bits per heavy atom. The third-order valence-electron chi connectivity index (χ3n) is 4.53. The highest BCUT2D eigenvalue weighted by molar-refractivity contribution is 7.16. The molecule has 1 saturated heterocycles. The van der Waals surface area contributed by atoms with Crippen molar-refractivity contribution in [2.45, 2.75) is 38.6 Å². The van der Waals surface area contributed by atoms with E-state index in [1.807, 2.05) is 30.3 Å². The van der Waals surface area contributed by atoms with E-state index >= 15 is 0 Å². The molecule has 1 aromatic carbocycles. The van der Waals surface area contributed by atoms with Crippen molar-refractivity contribution >= 4 is 22.4 Å². The Morgan fingerprint density at radius 2 is 1.96 bits per heavy atom. The van der Waals surface area contributed by atoms with E-state index in [0.29, 0.717) is 24.3 Å². The highest BCUT2D eigenvalue weighted by Crippen LogP contribution is 2.36. The van der Waals surface area contributed by atoms with Crippen LogP contribution in [0.2, 0.25) is 0 Å². The molecule has 134 valence electrons. The van der Waals surface area contributed by atoms with Gasteiger partial charge in [-0.15, -0.1) is 11.3 Å². The lowest BCUT2D eigenvalue weighted by atomic mass is 9.92. The van der Waals surface area contributed by atoms with Crippen molar-refractivity contribution in [2.75, 3.05) is 18.5 Å². The molecule has 1 atom stereocenters. The molecule has 1 aromatic heterocycles. The summed E-state index contributed by atoms with van der Waals surface area (Å²) in [5, 5.41) is 3.55. The molecule has 25 heavy (non-hydrogen) atoms. The van der Waals surface area contributed by atoms with E-state index in [1.165, 1.54) is 16.2 Å².